The first-order valence-electron chi connectivity index (χ1n) is 36.0. The van der Waals surface area contributed by atoms with E-state index in [1.165, 1.54) is 126 Å². The van der Waals surface area contributed by atoms with E-state index in [4.69, 9.17) is 4.42 Å². The van der Waals surface area contributed by atoms with Gasteiger partial charge in [0.2, 0.25) is 0 Å². The molecule has 2 aromatic heterocycles. The van der Waals surface area contributed by atoms with Gasteiger partial charge in [0.25, 0.3) is 13.4 Å². The number of nitrogens with zero attached hydrogens (tertiary/aromatic N) is 4. The average molecular weight is 1340 g/mol. The molecule has 0 atom stereocenters. The summed E-state index contributed by atoms with van der Waals surface area (Å²) in [5.74, 6) is 0. The van der Waals surface area contributed by atoms with E-state index in [1.807, 2.05) is 11.3 Å². The van der Waals surface area contributed by atoms with Crippen LogP contribution in [-0.4, -0.2) is 29.6 Å². The van der Waals surface area contributed by atoms with E-state index in [1.54, 1.807) is 0 Å². The van der Waals surface area contributed by atoms with Crippen LogP contribution in [-0.2, 0) is 32.5 Å². The van der Waals surface area contributed by atoms with Crippen LogP contribution in [0.5, 0.6) is 0 Å². The molecule has 10 heteroatoms. The van der Waals surface area contributed by atoms with Gasteiger partial charge in [-0.2, -0.15) is 0 Å². The summed E-state index contributed by atoms with van der Waals surface area (Å²) in [5.41, 5.74) is 28.5. The molecule has 0 bridgehead atoms. The maximum atomic E-state index is 7.80. The van der Waals surface area contributed by atoms with Gasteiger partial charge < -0.3 is 24.0 Å². The number of hydrogen-bond acceptors (Lipinski definition) is 6. The van der Waals surface area contributed by atoms with Crippen molar-refractivity contribution in [1.29, 1.82) is 0 Å². The van der Waals surface area contributed by atoms with E-state index >= 15 is 0 Å². The molecule has 0 saturated carbocycles. The van der Waals surface area contributed by atoms with Crippen LogP contribution in [0, 0.1) is 0 Å². The summed E-state index contributed by atoms with van der Waals surface area (Å²) in [7, 11) is -3.43. The fourth-order valence-electron chi connectivity index (χ4n) is 15.8. The fourth-order valence-corrected chi connectivity index (χ4v) is 19.4. The van der Waals surface area contributed by atoms with Gasteiger partial charge in [0, 0.05) is 77.1 Å². The first kappa shape index (κ1) is 66.1. The third-order valence-electron chi connectivity index (χ3n) is 21.9. The maximum absolute atomic E-state index is 7.80. The minimum atomic E-state index is -1.72. The Kier molecular flexibility index (Phi) is 14.8. The lowest BCUT2D eigenvalue weighted by atomic mass is 9.32. The summed E-state index contributed by atoms with van der Waals surface area (Å²) in [6, 6.07) is 68.6. The van der Waals surface area contributed by atoms with Crippen LogP contribution >= 0.6 is 11.3 Å². The summed E-state index contributed by atoms with van der Waals surface area (Å²) >= 11 is 2.00. The first-order chi connectivity index (χ1) is 45.6. The predicted octanol–water partition coefficient (Wildman–Crippen LogP) is 20.7. The van der Waals surface area contributed by atoms with Crippen molar-refractivity contribution in [3.05, 3.63) is 203 Å². The van der Waals surface area contributed by atoms with Crippen LogP contribution in [0.15, 0.2) is 174 Å². The molecule has 9 aromatic carbocycles. The smallest absolute Gasteiger partial charge is 0.297 e. The van der Waals surface area contributed by atoms with Gasteiger partial charge in [-0.25, -0.2) is 0 Å². The van der Waals surface area contributed by atoms with Crippen molar-refractivity contribution >= 4 is 173 Å². The largest absolute Gasteiger partial charge is 0.468 e. The average Bonchev–Trinajstić information content (AvgIpc) is 1.19. The highest BCUT2D eigenvalue weighted by Gasteiger charge is 2.52. The molecule has 98 heavy (non-hydrogen) atoms. The summed E-state index contributed by atoms with van der Waals surface area (Å²) in [6.45, 7) is 56.8. The van der Waals surface area contributed by atoms with Crippen molar-refractivity contribution < 1.29 is 4.42 Å². The van der Waals surface area contributed by atoms with Crippen LogP contribution in [0.25, 0.3) is 21.1 Å². The Hall–Kier alpha value is -7.76. The summed E-state index contributed by atoms with van der Waals surface area (Å²) < 4.78 is 10.5. The van der Waals surface area contributed by atoms with E-state index in [2.05, 4.69) is 353 Å². The molecular weight excluding hydrogens is 1240 g/mol. The normalized spacial score (nSPS) is 14.8. The predicted molar refractivity (Wildman–Crippen MR) is 438 cm³/mol. The van der Waals surface area contributed by atoms with Crippen molar-refractivity contribution in [3.63, 3.8) is 0 Å². The molecule has 0 amide bonds. The van der Waals surface area contributed by atoms with Gasteiger partial charge in [-0.15, -0.1) is 11.3 Å². The van der Waals surface area contributed by atoms with E-state index in [9.17, 15) is 0 Å². The molecule has 0 fully saturated rings. The maximum Gasteiger partial charge on any atom is 0.297 e. The van der Waals surface area contributed by atoms with E-state index in [0.717, 1.165) is 39.4 Å². The number of hydrogen-bond donors (Lipinski definition) is 0. The van der Waals surface area contributed by atoms with Gasteiger partial charge in [0.1, 0.15) is 5.58 Å². The monoisotopic (exact) mass is 1340 g/mol. The highest BCUT2D eigenvalue weighted by atomic mass is 32.1. The van der Waals surface area contributed by atoms with Gasteiger partial charge in [0.15, 0.2) is 0 Å². The van der Waals surface area contributed by atoms with Gasteiger partial charge >= 0.3 is 0 Å². The van der Waals surface area contributed by atoms with Gasteiger partial charge in [-0.1, -0.05) is 241 Å². The molecule has 498 valence electrons. The Balaban J connectivity index is 1.11. The molecule has 0 radical (unpaired) electrons. The Morgan fingerprint density at radius 1 is 0.316 bits per heavy atom. The minimum absolute atomic E-state index is 0.0109. The van der Waals surface area contributed by atoms with Crippen LogP contribution in [0.4, 0.5) is 68.2 Å². The van der Waals surface area contributed by atoms with Crippen LogP contribution in [0.3, 0.4) is 0 Å². The number of fused-ring (bicyclic) bond motifs is 12. The molecule has 0 spiro atoms. The van der Waals surface area contributed by atoms with Crippen LogP contribution in [0.2, 0.25) is 39.3 Å². The topological polar surface area (TPSA) is 26.1 Å². The first-order valence-corrected chi connectivity index (χ1v) is 43.8. The van der Waals surface area contributed by atoms with Crippen molar-refractivity contribution in [1.82, 2.24) is 0 Å². The molecule has 0 unspecified atom stereocenters. The lowest BCUT2D eigenvalue weighted by Crippen LogP contribution is -2.64. The van der Waals surface area contributed by atoms with Crippen molar-refractivity contribution in [2.45, 2.75) is 196 Å². The SMILES string of the molecule is CC(C)(C)c1ccc(N2c3cc(C(C)(C)C)cc4c3B(c3cc5c(cc3N4c3ccc([Si](C)(C)C)cc3)N(c3ccc([Si](C)(C)C)cc3)c3cc(C(C)(C)C)cc4c3B5c3sc5ccc(C(C)(C)C)cc5c3N4c3ccc(C(C)(C)C)cc3)c3oc4ccc(C(C)(C)C)cc4c32)cc1. The molecule has 0 aliphatic carbocycles. The van der Waals surface area contributed by atoms with Gasteiger partial charge in [-0.3, -0.25) is 0 Å². The van der Waals surface area contributed by atoms with E-state index in [-0.39, 0.29) is 45.9 Å². The molecule has 6 heterocycles. The van der Waals surface area contributed by atoms with E-state index in [0.29, 0.717) is 0 Å². The molecule has 4 aliphatic heterocycles. The third kappa shape index (κ3) is 10.7. The standard InChI is InChI=1S/C88H100B2N4OSSi2/c1-83(2,3)53-25-31-61(32-26-53)93-73-49-57(87(13,14)15)47-71-77(73)89(81-79(93)65-45-55(85(7,8)9)29-43-75(65)95-81)67-51-68-70(52-69(67)91(71)59-35-39-63(40-36-59)97(19,20)21)92(60-37-41-64(42-38-60)98(22,23)24)72-48-58(88(16,17)18)50-74-78(72)90(68)82-80(66-46-56(86(10,11)12)30-44-76(66)96-82)94(74)62-33-27-54(28-34-62)84(4,5)6/h25-52H,1-24H3. The zero-order valence-electron chi connectivity index (χ0n) is 62.9. The lowest BCUT2D eigenvalue weighted by Gasteiger charge is -2.47. The Morgan fingerprint density at radius 3 is 1.08 bits per heavy atom. The highest BCUT2D eigenvalue weighted by Crippen LogP contribution is 2.54. The van der Waals surface area contributed by atoms with Crippen molar-refractivity contribution in [2.75, 3.05) is 19.6 Å². The quantitative estimate of drug-likeness (QED) is 0.155. The second kappa shape index (κ2) is 21.9. The summed E-state index contributed by atoms with van der Waals surface area (Å²) in [6.07, 6.45) is 0. The number of furan rings is 1. The fraction of sp³-hybridized carbons (Fsp3) is 0.341. The second-order valence-electron chi connectivity index (χ2n) is 37.3. The number of anilines is 12. The van der Waals surface area contributed by atoms with Crippen LogP contribution < -0.4 is 62.3 Å². The summed E-state index contributed by atoms with van der Waals surface area (Å²) in [4.78, 5) is 10.6. The Labute approximate surface area is 592 Å². The third-order valence-corrected chi connectivity index (χ3v) is 27.2. The Bertz CT molecular complexity index is 4750. The van der Waals surface area contributed by atoms with E-state index < -0.39 is 16.1 Å². The molecule has 15 rings (SSSR count). The van der Waals surface area contributed by atoms with Gasteiger partial charge in [-0.05, 0) is 191 Å². The zero-order chi connectivity index (χ0) is 70.0. The minimum Gasteiger partial charge on any atom is -0.468 e. The lowest BCUT2D eigenvalue weighted by molar-refractivity contribution is 0.590. The number of benzene rings is 9. The number of thiophene rings is 1. The second-order valence-corrected chi connectivity index (χ2v) is 48.5. The Morgan fingerprint density at radius 2 is 0.663 bits per heavy atom. The molecule has 0 saturated heterocycles. The molecule has 11 aromatic rings. The zero-order valence-corrected chi connectivity index (χ0v) is 65.7. The summed E-state index contributed by atoms with van der Waals surface area (Å²) in [5, 5.41) is 5.33. The number of rotatable bonds is 6. The van der Waals surface area contributed by atoms with Gasteiger partial charge in [0.05, 0.1) is 33.2 Å². The molecule has 4 aliphatic rings. The molecule has 0 N–H and O–H groups in total. The van der Waals surface area contributed by atoms with Crippen LogP contribution in [0.1, 0.15) is 158 Å². The van der Waals surface area contributed by atoms with Crippen molar-refractivity contribution in [2.24, 2.45) is 0 Å². The highest BCUT2D eigenvalue weighted by molar-refractivity contribution is 7.33. The molecular formula is C88H100B2N4OSSi2. The molecule has 5 nitrogen and oxygen atoms in total. The van der Waals surface area contributed by atoms with Crippen molar-refractivity contribution in [3.8, 4) is 0 Å².